The van der Waals surface area contributed by atoms with E-state index >= 15 is 0 Å². The molecule has 37 heavy (non-hydrogen) atoms. The van der Waals surface area contributed by atoms with Crippen LogP contribution in [0.25, 0.3) is 10.2 Å². The summed E-state index contributed by atoms with van der Waals surface area (Å²) in [6.45, 7) is 5.90. The van der Waals surface area contributed by atoms with Crippen LogP contribution in [0.4, 0.5) is 10.8 Å². The highest BCUT2D eigenvalue weighted by Gasteiger charge is 2.14. The van der Waals surface area contributed by atoms with Crippen LogP contribution in [-0.4, -0.2) is 79.1 Å². The predicted molar refractivity (Wildman–Crippen MR) is 146 cm³/mol. The van der Waals surface area contributed by atoms with Crippen LogP contribution in [0.15, 0.2) is 60.8 Å². The van der Waals surface area contributed by atoms with E-state index in [9.17, 15) is 4.79 Å². The first-order valence-corrected chi connectivity index (χ1v) is 13.1. The third kappa shape index (κ3) is 6.34. The Hall–Kier alpha value is -3.73. The molecule has 9 nitrogen and oxygen atoms in total. The molecule has 0 atom stereocenters. The summed E-state index contributed by atoms with van der Waals surface area (Å²) in [5.41, 5.74) is 2.05. The normalized spacial score (nSPS) is 14.4. The molecule has 1 aliphatic heterocycles. The quantitative estimate of drug-likeness (QED) is 0.341. The highest BCUT2D eigenvalue weighted by Crippen LogP contribution is 2.34. The van der Waals surface area contributed by atoms with Gasteiger partial charge in [0.05, 0.1) is 15.9 Å². The molecule has 3 heterocycles. The number of nitrogens with one attached hydrogen (secondary N) is 2. The Morgan fingerprint density at radius 3 is 2.70 bits per heavy atom. The van der Waals surface area contributed by atoms with E-state index in [1.54, 1.807) is 25.4 Å². The van der Waals surface area contributed by atoms with Crippen LogP contribution in [0.5, 0.6) is 17.2 Å². The summed E-state index contributed by atoms with van der Waals surface area (Å²) in [5, 5.41) is 6.76. The number of thiazole rings is 1. The predicted octanol–water partition coefficient (Wildman–Crippen LogP) is 4.21. The monoisotopic (exact) mass is 518 g/mol. The molecule has 0 bridgehead atoms. The highest BCUT2D eigenvalue weighted by atomic mass is 32.1. The molecular formula is C27H30N6O3S. The summed E-state index contributed by atoms with van der Waals surface area (Å²) >= 11 is 1.54. The van der Waals surface area contributed by atoms with Gasteiger partial charge in [-0.2, -0.15) is 0 Å². The molecule has 0 unspecified atom stereocenters. The number of fused-ring (bicyclic) bond motifs is 1. The zero-order chi connectivity index (χ0) is 25.6. The average molecular weight is 519 g/mol. The zero-order valence-corrected chi connectivity index (χ0v) is 21.8. The van der Waals surface area contributed by atoms with Crippen LogP contribution < -0.4 is 20.1 Å². The molecule has 192 valence electrons. The van der Waals surface area contributed by atoms with Crippen molar-refractivity contribution in [1.82, 2.24) is 25.1 Å². The SMILES string of the molecule is CNC(=O)c1cc(Oc2ccc3nc(Nc4ccccc4OCCN4CCN(C)CC4)sc3c2)ccn1. The Balaban J connectivity index is 1.24. The lowest BCUT2D eigenvalue weighted by Gasteiger charge is -2.32. The van der Waals surface area contributed by atoms with Gasteiger partial charge >= 0.3 is 0 Å². The van der Waals surface area contributed by atoms with Crippen molar-refractivity contribution in [3.8, 4) is 17.2 Å². The summed E-state index contributed by atoms with van der Waals surface area (Å²) in [4.78, 5) is 25.4. The Kier molecular flexibility index (Phi) is 7.79. The van der Waals surface area contributed by atoms with E-state index < -0.39 is 0 Å². The lowest BCUT2D eigenvalue weighted by atomic mass is 10.3. The number of carbonyl (C=O) groups is 1. The average Bonchev–Trinajstić information content (AvgIpc) is 3.32. The second kappa shape index (κ2) is 11.5. The molecule has 5 rings (SSSR count). The molecule has 0 spiro atoms. The summed E-state index contributed by atoms with van der Waals surface area (Å²) in [6.07, 6.45) is 1.55. The van der Waals surface area contributed by atoms with Crippen molar-refractivity contribution < 1.29 is 14.3 Å². The first-order chi connectivity index (χ1) is 18.1. The van der Waals surface area contributed by atoms with Crippen molar-refractivity contribution in [2.75, 3.05) is 58.7 Å². The topological polar surface area (TPSA) is 91.8 Å². The number of anilines is 2. The number of likely N-dealkylation sites (N-methyl/N-ethyl adjacent to an activating group) is 1. The number of benzene rings is 2. The van der Waals surface area contributed by atoms with Gasteiger partial charge < -0.3 is 25.0 Å². The van der Waals surface area contributed by atoms with Crippen LogP contribution in [0, 0.1) is 0 Å². The molecule has 0 aliphatic carbocycles. The van der Waals surface area contributed by atoms with E-state index in [4.69, 9.17) is 14.5 Å². The summed E-state index contributed by atoms with van der Waals surface area (Å²) < 4.78 is 13.1. The van der Waals surface area contributed by atoms with Gasteiger partial charge in [-0.1, -0.05) is 23.5 Å². The number of aromatic nitrogens is 2. The van der Waals surface area contributed by atoms with Gasteiger partial charge in [0.15, 0.2) is 5.13 Å². The minimum Gasteiger partial charge on any atom is -0.490 e. The minimum atomic E-state index is -0.261. The van der Waals surface area contributed by atoms with Gasteiger partial charge in [-0.15, -0.1) is 0 Å². The number of amides is 1. The number of hydrogen-bond acceptors (Lipinski definition) is 9. The maximum atomic E-state index is 11.9. The van der Waals surface area contributed by atoms with Crippen molar-refractivity contribution in [2.24, 2.45) is 0 Å². The zero-order valence-electron chi connectivity index (χ0n) is 20.9. The summed E-state index contributed by atoms with van der Waals surface area (Å²) in [5.74, 6) is 1.75. The Bertz CT molecular complexity index is 1370. The number of para-hydroxylation sites is 2. The van der Waals surface area contributed by atoms with Gasteiger partial charge in [0.25, 0.3) is 5.91 Å². The molecule has 10 heteroatoms. The van der Waals surface area contributed by atoms with Gasteiger partial charge in [-0.3, -0.25) is 14.7 Å². The number of rotatable bonds is 9. The van der Waals surface area contributed by atoms with Gasteiger partial charge in [-0.05, 0) is 37.4 Å². The van der Waals surface area contributed by atoms with E-state index in [0.717, 1.165) is 59.5 Å². The molecule has 2 N–H and O–H groups in total. The molecule has 4 aromatic rings. The molecule has 1 fully saturated rings. The van der Waals surface area contributed by atoms with Gasteiger partial charge in [0, 0.05) is 58.1 Å². The number of pyridine rings is 1. The third-order valence-electron chi connectivity index (χ3n) is 6.18. The van der Waals surface area contributed by atoms with Crippen molar-refractivity contribution in [2.45, 2.75) is 0 Å². The van der Waals surface area contributed by atoms with E-state index in [0.29, 0.717) is 23.8 Å². The van der Waals surface area contributed by atoms with Crippen molar-refractivity contribution in [1.29, 1.82) is 0 Å². The van der Waals surface area contributed by atoms with Crippen LogP contribution in [0.2, 0.25) is 0 Å². The van der Waals surface area contributed by atoms with E-state index in [1.807, 2.05) is 42.5 Å². The largest absolute Gasteiger partial charge is 0.490 e. The third-order valence-corrected chi connectivity index (χ3v) is 7.11. The molecular weight excluding hydrogens is 488 g/mol. The number of nitrogens with zero attached hydrogens (tertiary/aromatic N) is 4. The molecule has 0 radical (unpaired) electrons. The van der Waals surface area contributed by atoms with Crippen molar-refractivity contribution in [3.05, 3.63) is 66.5 Å². The van der Waals surface area contributed by atoms with Gasteiger partial charge in [-0.25, -0.2) is 4.98 Å². The Morgan fingerprint density at radius 2 is 1.86 bits per heavy atom. The lowest BCUT2D eigenvalue weighted by Crippen LogP contribution is -2.45. The first-order valence-electron chi connectivity index (χ1n) is 12.2. The summed E-state index contributed by atoms with van der Waals surface area (Å²) in [6, 6.07) is 17.0. The molecule has 0 saturated carbocycles. The molecule has 1 aliphatic rings. The second-order valence-corrected chi connectivity index (χ2v) is 9.85. The van der Waals surface area contributed by atoms with E-state index in [1.165, 1.54) is 11.3 Å². The molecule has 2 aromatic carbocycles. The maximum Gasteiger partial charge on any atom is 0.269 e. The first kappa shape index (κ1) is 24.9. The molecule has 1 amide bonds. The van der Waals surface area contributed by atoms with E-state index in [-0.39, 0.29) is 5.91 Å². The number of hydrogen-bond donors (Lipinski definition) is 2. The summed E-state index contributed by atoms with van der Waals surface area (Å²) in [7, 11) is 3.73. The molecule has 2 aromatic heterocycles. The highest BCUT2D eigenvalue weighted by molar-refractivity contribution is 7.22. The van der Waals surface area contributed by atoms with Gasteiger partial charge in [0.2, 0.25) is 0 Å². The van der Waals surface area contributed by atoms with Crippen molar-refractivity contribution >= 4 is 38.3 Å². The van der Waals surface area contributed by atoms with Crippen LogP contribution in [-0.2, 0) is 0 Å². The van der Waals surface area contributed by atoms with Crippen molar-refractivity contribution in [3.63, 3.8) is 0 Å². The standard InChI is InChI=1S/C27H30N6O3S/c1-28-26(34)23-17-20(9-10-29-23)36-19-7-8-22-25(18-19)37-27(31-22)30-21-5-3-4-6-24(21)35-16-15-33-13-11-32(2)12-14-33/h3-10,17-18H,11-16H2,1-2H3,(H,28,34)(H,30,31). The lowest BCUT2D eigenvalue weighted by molar-refractivity contribution is 0.0958. The Labute approximate surface area is 220 Å². The number of ether oxygens (including phenoxy) is 2. The van der Waals surface area contributed by atoms with Crippen LogP contribution in [0.1, 0.15) is 10.5 Å². The van der Waals surface area contributed by atoms with Crippen LogP contribution >= 0.6 is 11.3 Å². The maximum absolute atomic E-state index is 11.9. The Morgan fingerprint density at radius 1 is 1.05 bits per heavy atom. The van der Waals surface area contributed by atoms with Gasteiger partial charge in [0.1, 0.15) is 29.5 Å². The number of carbonyl (C=O) groups excluding carboxylic acids is 1. The fraction of sp³-hybridized carbons (Fsp3) is 0.296. The fourth-order valence-electron chi connectivity index (χ4n) is 4.05. The minimum absolute atomic E-state index is 0.261. The number of piperazine rings is 1. The van der Waals surface area contributed by atoms with E-state index in [2.05, 4.69) is 32.5 Å². The van der Waals surface area contributed by atoms with Crippen LogP contribution in [0.3, 0.4) is 0 Å². The second-order valence-electron chi connectivity index (χ2n) is 8.82. The fourth-order valence-corrected chi connectivity index (χ4v) is 4.96. The smallest absolute Gasteiger partial charge is 0.269 e. The molecule has 1 saturated heterocycles.